The standard InChI is InChI=1S/C25H27NO5/c1-25(2,3)31-24(29)26-22(23(27)28)13-16-6-5-7-17(12-16)18-8-9-20-15-21(30-4)11-10-19(20)14-18/h5-12,14-15,22H,13H2,1-4H3,(H,26,29)(H,27,28). The highest BCUT2D eigenvalue weighted by atomic mass is 16.6. The smallest absolute Gasteiger partial charge is 0.408 e. The maximum Gasteiger partial charge on any atom is 0.408 e. The topological polar surface area (TPSA) is 84.9 Å². The number of alkyl carbamates (subject to hydrolysis) is 1. The van der Waals surface area contributed by atoms with Crippen LogP contribution in [-0.2, 0) is 16.0 Å². The van der Waals surface area contributed by atoms with Crippen LogP contribution in [0.2, 0.25) is 0 Å². The molecular formula is C25H27NO5. The van der Waals surface area contributed by atoms with Crippen molar-refractivity contribution < 1.29 is 24.2 Å². The second-order valence-electron chi connectivity index (χ2n) is 8.37. The number of ether oxygens (including phenoxy) is 2. The molecule has 31 heavy (non-hydrogen) atoms. The lowest BCUT2D eigenvalue weighted by molar-refractivity contribution is -0.139. The summed E-state index contributed by atoms with van der Waals surface area (Å²) in [7, 11) is 1.64. The predicted molar refractivity (Wildman–Crippen MR) is 120 cm³/mol. The van der Waals surface area contributed by atoms with Crippen LogP contribution in [0.25, 0.3) is 21.9 Å². The molecule has 0 saturated carbocycles. The number of benzene rings is 3. The number of carbonyl (C=O) groups is 2. The van der Waals surface area contributed by atoms with Crippen LogP contribution < -0.4 is 10.1 Å². The zero-order valence-electron chi connectivity index (χ0n) is 18.1. The molecule has 1 unspecified atom stereocenters. The Morgan fingerprint density at radius 3 is 2.32 bits per heavy atom. The first-order valence-electron chi connectivity index (χ1n) is 10.0. The van der Waals surface area contributed by atoms with Gasteiger partial charge >= 0.3 is 12.1 Å². The number of fused-ring (bicyclic) bond motifs is 1. The molecule has 0 aromatic heterocycles. The highest BCUT2D eigenvalue weighted by Crippen LogP contribution is 2.27. The number of carboxylic acid groups (broad SMARTS) is 1. The van der Waals surface area contributed by atoms with Gasteiger partial charge in [-0.15, -0.1) is 0 Å². The van der Waals surface area contributed by atoms with Crippen molar-refractivity contribution in [3.8, 4) is 16.9 Å². The van der Waals surface area contributed by atoms with Crippen molar-refractivity contribution in [2.24, 2.45) is 0 Å². The first kappa shape index (κ1) is 22.2. The minimum absolute atomic E-state index is 0.146. The largest absolute Gasteiger partial charge is 0.497 e. The van der Waals surface area contributed by atoms with E-state index in [1.807, 2.05) is 54.6 Å². The minimum atomic E-state index is -1.11. The number of amides is 1. The van der Waals surface area contributed by atoms with E-state index in [4.69, 9.17) is 9.47 Å². The highest BCUT2D eigenvalue weighted by molar-refractivity contribution is 5.88. The lowest BCUT2D eigenvalue weighted by Crippen LogP contribution is -2.44. The van der Waals surface area contributed by atoms with Crippen molar-refractivity contribution >= 4 is 22.8 Å². The molecule has 0 aliphatic heterocycles. The van der Waals surface area contributed by atoms with Crippen molar-refractivity contribution in [3.63, 3.8) is 0 Å². The van der Waals surface area contributed by atoms with E-state index in [0.29, 0.717) is 0 Å². The van der Waals surface area contributed by atoms with Gasteiger partial charge in [-0.1, -0.05) is 42.5 Å². The molecular weight excluding hydrogens is 394 g/mol. The maximum atomic E-state index is 12.0. The van der Waals surface area contributed by atoms with Crippen LogP contribution in [0.15, 0.2) is 60.7 Å². The van der Waals surface area contributed by atoms with Crippen molar-refractivity contribution in [1.82, 2.24) is 5.32 Å². The van der Waals surface area contributed by atoms with Crippen LogP contribution in [0, 0.1) is 0 Å². The Hall–Kier alpha value is -3.54. The number of methoxy groups -OCH3 is 1. The number of carboxylic acids is 1. The first-order valence-corrected chi connectivity index (χ1v) is 10.0. The van der Waals surface area contributed by atoms with E-state index in [9.17, 15) is 14.7 Å². The van der Waals surface area contributed by atoms with E-state index in [0.717, 1.165) is 33.2 Å². The molecule has 3 aromatic rings. The highest BCUT2D eigenvalue weighted by Gasteiger charge is 2.24. The Bertz CT molecular complexity index is 1100. The van der Waals surface area contributed by atoms with E-state index in [2.05, 4.69) is 11.4 Å². The molecule has 0 spiro atoms. The van der Waals surface area contributed by atoms with Gasteiger partial charge in [0.25, 0.3) is 0 Å². The minimum Gasteiger partial charge on any atom is -0.497 e. The monoisotopic (exact) mass is 421 g/mol. The first-order chi connectivity index (χ1) is 14.6. The second kappa shape index (κ2) is 9.08. The van der Waals surface area contributed by atoms with Crippen LogP contribution in [0.5, 0.6) is 5.75 Å². The molecule has 2 N–H and O–H groups in total. The number of aliphatic carboxylic acids is 1. The molecule has 1 amide bonds. The SMILES string of the molecule is COc1ccc2cc(-c3cccc(CC(NC(=O)OC(C)(C)C)C(=O)O)c3)ccc2c1. The Kier molecular flexibility index (Phi) is 6.49. The average molecular weight is 421 g/mol. The lowest BCUT2D eigenvalue weighted by atomic mass is 9.97. The zero-order valence-corrected chi connectivity index (χ0v) is 18.1. The summed E-state index contributed by atoms with van der Waals surface area (Å²) in [4.78, 5) is 23.7. The van der Waals surface area contributed by atoms with Crippen LogP contribution in [0.1, 0.15) is 26.3 Å². The van der Waals surface area contributed by atoms with Crippen molar-refractivity contribution in [3.05, 3.63) is 66.2 Å². The Labute approximate surface area is 181 Å². The Morgan fingerprint density at radius 1 is 0.968 bits per heavy atom. The van der Waals surface area contributed by atoms with Crippen molar-refractivity contribution in [1.29, 1.82) is 0 Å². The third-order valence-electron chi connectivity index (χ3n) is 4.74. The van der Waals surface area contributed by atoms with E-state index in [1.165, 1.54) is 0 Å². The predicted octanol–water partition coefficient (Wildman–Crippen LogP) is 5.04. The molecule has 162 valence electrons. The zero-order chi connectivity index (χ0) is 22.6. The fourth-order valence-corrected chi connectivity index (χ4v) is 3.29. The van der Waals surface area contributed by atoms with E-state index < -0.39 is 23.7 Å². The number of nitrogens with one attached hydrogen (secondary N) is 1. The van der Waals surface area contributed by atoms with Gasteiger partial charge in [0.2, 0.25) is 0 Å². The summed E-state index contributed by atoms with van der Waals surface area (Å²) in [5.41, 5.74) is 2.09. The fourth-order valence-electron chi connectivity index (χ4n) is 3.29. The molecule has 0 aliphatic carbocycles. The second-order valence-corrected chi connectivity index (χ2v) is 8.37. The summed E-state index contributed by atoms with van der Waals surface area (Å²) in [6.07, 6.45) is -0.603. The Morgan fingerprint density at radius 2 is 1.65 bits per heavy atom. The molecule has 3 aromatic carbocycles. The Balaban J connectivity index is 1.81. The third-order valence-corrected chi connectivity index (χ3v) is 4.74. The van der Waals surface area contributed by atoms with Gasteiger partial charge < -0.3 is 19.9 Å². The number of hydrogen-bond donors (Lipinski definition) is 2. The van der Waals surface area contributed by atoms with Crippen LogP contribution in [0.4, 0.5) is 4.79 Å². The summed E-state index contributed by atoms with van der Waals surface area (Å²) in [6.45, 7) is 5.18. The molecule has 0 radical (unpaired) electrons. The molecule has 1 atom stereocenters. The van der Waals surface area contributed by atoms with Crippen molar-refractivity contribution in [2.45, 2.75) is 38.8 Å². The summed E-state index contributed by atoms with van der Waals surface area (Å²) in [5, 5.41) is 14.1. The molecule has 0 bridgehead atoms. The van der Waals surface area contributed by atoms with Gasteiger partial charge in [0.05, 0.1) is 7.11 Å². The normalized spacial score (nSPS) is 12.3. The molecule has 0 heterocycles. The van der Waals surface area contributed by atoms with Gasteiger partial charge in [-0.25, -0.2) is 9.59 Å². The molecule has 0 saturated heterocycles. The molecule has 6 heteroatoms. The lowest BCUT2D eigenvalue weighted by Gasteiger charge is -2.22. The molecule has 6 nitrogen and oxygen atoms in total. The van der Waals surface area contributed by atoms with Crippen LogP contribution in [0.3, 0.4) is 0 Å². The number of carbonyl (C=O) groups excluding carboxylic acids is 1. The average Bonchev–Trinajstić information content (AvgIpc) is 2.71. The van der Waals surface area contributed by atoms with Gasteiger partial charge in [0.1, 0.15) is 17.4 Å². The van der Waals surface area contributed by atoms with E-state index >= 15 is 0 Å². The molecule has 3 rings (SSSR count). The third kappa shape index (κ3) is 5.98. The quantitative estimate of drug-likeness (QED) is 0.583. The number of rotatable bonds is 6. The van der Waals surface area contributed by atoms with Gasteiger partial charge in [-0.2, -0.15) is 0 Å². The van der Waals surface area contributed by atoms with Crippen LogP contribution in [-0.4, -0.2) is 35.9 Å². The van der Waals surface area contributed by atoms with Crippen LogP contribution >= 0.6 is 0 Å². The van der Waals surface area contributed by atoms with Gasteiger partial charge in [-0.05, 0) is 66.4 Å². The summed E-state index contributed by atoms with van der Waals surface area (Å²) < 4.78 is 10.5. The summed E-state index contributed by atoms with van der Waals surface area (Å²) in [5.74, 6) is -0.310. The van der Waals surface area contributed by atoms with E-state index in [1.54, 1.807) is 27.9 Å². The maximum absolute atomic E-state index is 12.0. The number of hydrogen-bond acceptors (Lipinski definition) is 4. The van der Waals surface area contributed by atoms with E-state index in [-0.39, 0.29) is 6.42 Å². The summed E-state index contributed by atoms with van der Waals surface area (Å²) in [6, 6.07) is 18.6. The van der Waals surface area contributed by atoms with Gasteiger partial charge in [0.15, 0.2) is 0 Å². The summed E-state index contributed by atoms with van der Waals surface area (Å²) >= 11 is 0. The van der Waals surface area contributed by atoms with Crippen molar-refractivity contribution in [2.75, 3.05) is 7.11 Å². The van der Waals surface area contributed by atoms with Gasteiger partial charge in [0, 0.05) is 6.42 Å². The molecule has 0 aliphatic rings. The molecule has 0 fully saturated rings. The van der Waals surface area contributed by atoms with Gasteiger partial charge in [-0.3, -0.25) is 0 Å². The fraction of sp³-hybridized carbons (Fsp3) is 0.280.